The number of fused-ring (bicyclic) bond motifs is 1. The molecule has 14 nitrogen and oxygen atoms in total. The molecular formula is C30H36O14. The van der Waals surface area contributed by atoms with Gasteiger partial charge in [0.15, 0.2) is 30.1 Å². The zero-order valence-corrected chi connectivity index (χ0v) is 23.9. The molecule has 2 fully saturated rings. The minimum Gasteiger partial charge on any atom is -0.472 e. The molecule has 6 N–H and O–H groups in total. The van der Waals surface area contributed by atoms with Crippen LogP contribution < -0.4 is 0 Å². The van der Waals surface area contributed by atoms with E-state index in [2.05, 4.69) is 0 Å². The Morgan fingerprint density at radius 1 is 0.955 bits per heavy atom. The number of carbonyl (C=O) groups excluding carboxylic acids is 2. The highest BCUT2D eigenvalue weighted by Crippen LogP contribution is 2.46. The molecule has 0 unspecified atom stereocenters. The van der Waals surface area contributed by atoms with Crippen LogP contribution in [0.15, 0.2) is 60.4 Å². The SMILES string of the molecule is CC1=CC(=O)[C@@]2(O[C@@H]3O[C@H](C)[C@H](O)[C@@H](OC(=O)/C=C/c4ccccc4)[C@@H]3O)C=CO[C@@H](O[C@H]3O[C@@H](CO)[C@H](O)[C@@H](O)[C@@H]3O)[C@H]12. The summed E-state index contributed by atoms with van der Waals surface area (Å²) in [4.78, 5) is 26.0. The number of aliphatic hydroxyl groups is 6. The third-order valence-corrected chi connectivity index (χ3v) is 8.17. The van der Waals surface area contributed by atoms with E-state index in [-0.39, 0.29) is 0 Å². The van der Waals surface area contributed by atoms with Gasteiger partial charge in [-0.2, -0.15) is 0 Å². The minimum absolute atomic E-state index is 0.432. The molecule has 3 aliphatic heterocycles. The first kappa shape index (κ1) is 32.4. The van der Waals surface area contributed by atoms with Gasteiger partial charge in [-0.15, -0.1) is 0 Å². The van der Waals surface area contributed by atoms with Crippen LogP contribution in [-0.2, 0) is 38.0 Å². The summed E-state index contributed by atoms with van der Waals surface area (Å²) in [5, 5.41) is 62.2. The molecule has 0 saturated carbocycles. The second-order valence-corrected chi connectivity index (χ2v) is 11.1. The smallest absolute Gasteiger partial charge is 0.331 e. The van der Waals surface area contributed by atoms with Gasteiger partial charge in [0.1, 0.15) is 36.6 Å². The summed E-state index contributed by atoms with van der Waals surface area (Å²) < 4.78 is 34.2. The van der Waals surface area contributed by atoms with Crippen LogP contribution >= 0.6 is 0 Å². The van der Waals surface area contributed by atoms with Crippen LogP contribution in [0.1, 0.15) is 19.4 Å². The lowest BCUT2D eigenvalue weighted by molar-refractivity contribution is -0.353. The normalized spacial score (nSPS) is 42.1. The van der Waals surface area contributed by atoms with E-state index in [1.54, 1.807) is 31.2 Å². The number of hydrogen-bond donors (Lipinski definition) is 6. The first-order valence-corrected chi connectivity index (χ1v) is 14.1. The van der Waals surface area contributed by atoms with Crippen LogP contribution in [0.2, 0.25) is 0 Å². The number of esters is 1. The molecule has 13 atom stereocenters. The van der Waals surface area contributed by atoms with Crippen LogP contribution in [0.3, 0.4) is 0 Å². The molecule has 5 rings (SSSR count). The fraction of sp³-hybridized carbons (Fsp3) is 0.533. The average Bonchev–Trinajstić information content (AvgIpc) is 3.27. The number of ether oxygens (including phenoxy) is 6. The number of ketones is 1. The van der Waals surface area contributed by atoms with Crippen molar-refractivity contribution in [1.29, 1.82) is 0 Å². The Morgan fingerprint density at radius 2 is 1.68 bits per heavy atom. The summed E-state index contributed by atoms with van der Waals surface area (Å²) in [5.41, 5.74) is -0.704. The molecule has 1 aromatic carbocycles. The van der Waals surface area contributed by atoms with E-state index in [4.69, 9.17) is 28.4 Å². The van der Waals surface area contributed by atoms with Gasteiger partial charge in [0.2, 0.25) is 6.29 Å². The highest BCUT2D eigenvalue weighted by Gasteiger charge is 2.60. The molecule has 240 valence electrons. The Kier molecular flexibility index (Phi) is 9.67. The van der Waals surface area contributed by atoms with Crippen LogP contribution in [0.4, 0.5) is 0 Å². The van der Waals surface area contributed by atoms with E-state index < -0.39 is 97.6 Å². The molecule has 14 heteroatoms. The largest absolute Gasteiger partial charge is 0.472 e. The number of hydrogen-bond acceptors (Lipinski definition) is 14. The molecule has 1 aliphatic carbocycles. The molecule has 0 aromatic heterocycles. The topological polar surface area (TPSA) is 211 Å². The first-order chi connectivity index (χ1) is 21.0. The van der Waals surface area contributed by atoms with Gasteiger partial charge >= 0.3 is 5.97 Å². The fourth-order valence-electron chi connectivity index (χ4n) is 5.72. The maximum absolute atomic E-state index is 13.4. The van der Waals surface area contributed by atoms with Gasteiger partial charge in [-0.05, 0) is 37.6 Å². The number of aliphatic hydroxyl groups excluding tert-OH is 6. The third-order valence-electron chi connectivity index (χ3n) is 8.17. The lowest BCUT2D eigenvalue weighted by atomic mass is 9.83. The van der Waals surface area contributed by atoms with Gasteiger partial charge in [-0.25, -0.2) is 4.79 Å². The van der Waals surface area contributed by atoms with Gasteiger partial charge in [-0.1, -0.05) is 35.9 Å². The van der Waals surface area contributed by atoms with Gasteiger partial charge in [0, 0.05) is 6.08 Å². The second kappa shape index (κ2) is 13.1. The van der Waals surface area contributed by atoms with Crippen LogP contribution in [0.5, 0.6) is 0 Å². The second-order valence-electron chi connectivity index (χ2n) is 11.1. The van der Waals surface area contributed by atoms with E-state index in [1.807, 2.05) is 6.07 Å². The first-order valence-electron chi connectivity index (χ1n) is 14.1. The fourth-order valence-corrected chi connectivity index (χ4v) is 5.72. The quantitative estimate of drug-likeness (QED) is 0.147. The molecule has 0 radical (unpaired) electrons. The summed E-state index contributed by atoms with van der Waals surface area (Å²) in [6, 6.07) is 8.94. The zero-order chi connectivity index (χ0) is 31.8. The van der Waals surface area contributed by atoms with Crippen molar-refractivity contribution in [2.45, 2.75) is 87.2 Å². The molecule has 0 bridgehead atoms. The predicted molar refractivity (Wildman–Crippen MR) is 147 cm³/mol. The lowest BCUT2D eigenvalue weighted by Gasteiger charge is -2.47. The summed E-state index contributed by atoms with van der Waals surface area (Å²) in [6.45, 7) is 2.40. The Hall–Kier alpha value is -3.02. The summed E-state index contributed by atoms with van der Waals surface area (Å²) in [7, 11) is 0. The van der Waals surface area contributed by atoms with Gasteiger partial charge in [0.05, 0.1) is 24.9 Å². The highest BCUT2D eigenvalue weighted by atomic mass is 16.8. The van der Waals surface area contributed by atoms with E-state index in [9.17, 15) is 40.2 Å². The molecule has 1 aromatic rings. The summed E-state index contributed by atoms with van der Waals surface area (Å²) in [5.74, 6) is -2.43. The van der Waals surface area contributed by atoms with Crippen molar-refractivity contribution >= 4 is 17.8 Å². The lowest BCUT2D eigenvalue weighted by Crippen LogP contribution is -2.63. The van der Waals surface area contributed by atoms with E-state index >= 15 is 0 Å². The maximum atomic E-state index is 13.4. The van der Waals surface area contributed by atoms with E-state index in [0.29, 0.717) is 5.57 Å². The van der Waals surface area contributed by atoms with Crippen molar-refractivity contribution in [3.63, 3.8) is 0 Å². The van der Waals surface area contributed by atoms with Crippen molar-refractivity contribution in [3.8, 4) is 0 Å². The number of carbonyl (C=O) groups is 2. The molecule has 4 aliphatic rings. The van der Waals surface area contributed by atoms with Crippen molar-refractivity contribution in [2.75, 3.05) is 6.61 Å². The monoisotopic (exact) mass is 620 g/mol. The van der Waals surface area contributed by atoms with Crippen molar-refractivity contribution in [3.05, 3.63) is 66.0 Å². The number of rotatable bonds is 8. The van der Waals surface area contributed by atoms with Crippen LogP contribution in [0.25, 0.3) is 6.08 Å². The molecule has 44 heavy (non-hydrogen) atoms. The van der Waals surface area contributed by atoms with Gasteiger partial charge in [0.25, 0.3) is 0 Å². The van der Waals surface area contributed by atoms with Crippen LogP contribution in [-0.4, -0.2) is 122 Å². The Labute approximate surface area is 252 Å². The van der Waals surface area contributed by atoms with Crippen molar-refractivity contribution in [2.24, 2.45) is 5.92 Å². The highest BCUT2D eigenvalue weighted by molar-refractivity contribution is 6.03. The average molecular weight is 621 g/mol. The molecule has 0 spiro atoms. The Bertz CT molecular complexity index is 1280. The molecular weight excluding hydrogens is 584 g/mol. The van der Waals surface area contributed by atoms with Gasteiger partial charge in [-0.3, -0.25) is 4.79 Å². The van der Waals surface area contributed by atoms with Gasteiger partial charge < -0.3 is 59.1 Å². The predicted octanol–water partition coefficient (Wildman–Crippen LogP) is -1.33. The molecule has 2 saturated heterocycles. The summed E-state index contributed by atoms with van der Waals surface area (Å²) >= 11 is 0. The number of benzene rings is 1. The van der Waals surface area contributed by atoms with E-state index in [0.717, 1.165) is 17.9 Å². The zero-order valence-electron chi connectivity index (χ0n) is 23.9. The Balaban J connectivity index is 1.34. The van der Waals surface area contributed by atoms with E-state index in [1.165, 1.54) is 25.2 Å². The van der Waals surface area contributed by atoms with Crippen LogP contribution in [0, 0.1) is 5.92 Å². The Morgan fingerprint density at radius 3 is 2.39 bits per heavy atom. The molecule has 0 amide bonds. The van der Waals surface area contributed by atoms with Crippen molar-refractivity contribution < 1.29 is 68.6 Å². The maximum Gasteiger partial charge on any atom is 0.331 e. The van der Waals surface area contributed by atoms with Crippen molar-refractivity contribution in [1.82, 2.24) is 0 Å². The minimum atomic E-state index is -1.86. The summed E-state index contributed by atoms with van der Waals surface area (Å²) in [6.07, 6.45) is -10.1. The molecule has 3 heterocycles. The standard InChI is InChI=1S/C30H36O14/c1-14-12-18(32)30(10-11-39-27(20(14)30)43-28-24(37)23(36)22(35)17(13-31)41-28)44-29-25(38)26(21(34)15(2)40-29)42-19(33)9-8-16-6-4-3-5-7-16/h3-12,15,17,20-29,31,34-38H,13H2,1-2H3/b9-8+/t15-,17+,20+,21+,22+,23-,24+,25+,26-,27+,28-,29+,30+/m1/s1. The third kappa shape index (κ3) is 6.10.